The van der Waals surface area contributed by atoms with Gasteiger partial charge in [-0.15, -0.1) is 0 Å². The van der Waals surface area contributed by atoms with E-state index in [9.17, 15) is 4.91 Å². The summed E-state index contributed by atoms with van der Waals surface area (Å²) in [5.41, 5.74) is 0. The first-order valence-electron chi connectivity index (χ1n) is 3.78. The molecule has 0 saturated carbocycles. The number of hydrogen-bond donors (Lipinski definition) is 0. The average Bonchev–Trinajstić information content (AvgIpc) is 1.82. The monoisotopic (exact) mass is 146 g/mol. The standard InChI is InChI=1S/C7H16NO2/c1-4-5-6-8(9)10-7(2)3/h7H,4-6H2,1-3H3/q+1. The van der Waals surface area contributed by atoms with Gasteiger partial charge in [0, 0.05) is 6.42 Å². The van der Waals surface area contributed by atoms with Crippen LogP contribution in [0.4, 0.5) is 0 Å². The Bertz CT molecular complexity index is 102. The molecule has 0 heterocycles. The van der Waals surface area contributed by atoms with Gasteiger partial charge >= 0.3 is 0 Å². The van der Waals surface area contributed by atoms with Gasteiger partial charge in [0.2, 0.25) is 11.5 Å². The summed E-state index contributed by atoms with van der Waals surface area (Å²) < 4.78 is 0. The largest absolute Gasteiger partial charge is 0.248 e. The highest BCUT2D eigenvalue weighted by molar-refractivity contribution is 4.28. The smallest absolute Gasteiger partial charge is 0.229 e. The van der Waals surface area contributed by atoms with Crippen LogP contribution in [0.15, 0.2) is 0 Å². The molecular formula is C7H16NO2+. The number of hydrogen-bond acceptors (Lipinski definition) is 2. The van der Waals surface area contributed by atoms with Crippen LogP contribution in [0.3, 0.4) is 0 Å². The Hall–Kier alpha value is -0.600. The lowest BCUT2D eigenvalue weighted by atomic mass is 10.3. The lowest BCUT2D eigenvalue weighted by Gasteiger charge is -1.96. The Morgan fingerprint density at radius 3 is 2.50 bits per heavy atom. The summed E-state index contributed by atoms with van der Waals surface area (Å²) in [6.07, 6.45) is 1.92. The highest BCUT2D eigenvalue weighted by Gasteiger charge is 2.10. The van der Waals surface area contributed by atoms with E-state index in [1.807, 2.05) is 20.8 Å². The molecule has 0 N–H and O–H groups in total. The Labute approximate surface area is 61.9 Å². The third-order valence-electron chi connectivity index (χ3n) is 1.02. The van der Waals surface area contributed by atoms with Crippen molar-refractivity contribution in [3.05, 3.63) is 4.91 Å². The topological polar surface area (TPSA) is 29.3 Å². The van der Waals surface area contributed by atoms with Gasteiger partial charge in [0.25, 0.3) is 0 Å². The first kappa shape index (κ1) is 9.40. The van der Waals surface area contributed by atoms with Crippen molar-refractivity contribution >= 4 is 0 Å². The lowest BCUT2D eigenvalue weighted by Crippen LogP contribution is -2.15. The van der Waals surface area contributed by atoms with Crippen LogP contribution in [0.2, 0.25) is 0 Å². The summed E-state index contributed by atoms with van der Waals surface area (Å²) in [6.45, 7) is 6.21. The Morgan fingerprint density at radius 1 is 1.50 bits per heavy atom. The molecule has 0 bridgehead atoms. The molecular weight excluding hydrogens is 130 g/mol. The van der Waals surface area contributed by atoms with Crippen molar-refractivity contribution in [3.63, 3.8) is 0 Å². The van der Waals surface area contributed by atoms with Crippen LogP contribution in [0.25, 0.3) is 0 Å². The molecule has 0 saturated heterocycles. The minimum atomic E-state index is -0.00523. The van der Waals surface area contributed by atoms with Crippen molar-refractivity contribution in [3.8, 4) is 0 Å². The van der Waals surface area contributed by atoms with Crippen LogP contribution in [-0.4, -0.2) is 17.6 Å². The van der Waals surface area contributed by atoms with Gasteiger partial charge in [-0.1, -0.05) is 6.92 Å². The van der Waals surface area contributed by atoms with Gasteiger partial charge < -0.3 is 0 Å². The maximum Gasteiger partial charge on any atom is 0.248 e. The van der Waals surface area contributed by atoms with Gasteiger partial charge in [-0.3, -0.25) is 0 Å². The molecule has 0 radical (unpaired) electrons. The number of nitrogens with zero attached hydrogens (tertiary/aromatic N) is 1. The Morgan fingerprint density at radius 2 is 2.10 bits per heavy atom. The SMILES string of the molecule is CCCC[N+](=O)OC(C)C. The van der Waals surface area contributed by atoms with E-state index in [0.717, 1.165) is 12.8 Å². The zero-order chi connectivity index (χ0) is 7.98. The summed E-state index contributed by atoms with van der Waals surface area (Å²) in [6, 6.07) is 0. The molecule has 0 aliphatic heterocycles. The van der Waals surface area contributed by atoms with Gasteiger partial charge in [0.15, 0.2) is 6.10 Å². The molecule has 0 aromatic heterocycles. The minimum Gasteiger partial charge on any atom is -0.229 e. The van der Waals surface area contributed by atoms with Crippen molar-refractivity contribution in [2.24, 2.45) is 0 Å². The van der Waals surface area contributed by atoms with Crippen LogP contribution in [0.1, 0.15) is 33.6 Å². The predicted molar refractivity (Wildman–Crippen MR) is 39.6 cm³/mol. The molecule has 0 spiro atoms. The van der Waals surface area contributed by atoms with Crippen LogP contribution in [0, 0.1) is 4.91 Å². The average molecular weight is 146 g/mol. The molecule has 0 fully saturated rings. The van der Waals surface area contributed by atoms with Gasteiger partial charge in [-0.2, -0.15) is 0 Å². The van der Waals surface area contributed by atoms with Crippen molar-refractivity contribution in [1.29, 1.82) is 0 Å². The third-order valence-corrected chi connectivity index (χ3v) is 1.02. The second kappa shape index (κ2) is 5.21. The molecule has 0 aromatic carbocycles. The van der Waals surface area contributed by atoms with Crippen LogP contribution in [0.5, 0.6) is 0 Å². The molecule has 3 heteroatoms. The fraction of sp³-hybridized carbons (Fsp3) is 1.00. The molecule has 0 aliphatic rings. The van der Waals surface area contributed by atoms with E-state index in [1.165, 1.54) is 0 Å². The fourth-order valence-corrected chi connectivity index (χ4v) is 0.575. The van der Waals surface area contributed by atoms with Gasteiger partial charge in [-0.05, 0) is 20.3 Å². The van der Waals surface area contributed by atoms with Crippen LogP contribution < -0.4 is 0 Å². The lowest BCUT2D eigenvalue weighted by molar-refractivity contribution is -0.811. The minimum absolute atomic E-state index is 0.00523. The maximum absolute atomic E-state index is 10.7. The van der Waals surface area contributed by atoms with Crippen molar-refractivity contribution < 1.29 is 9.76 Å². The first-order chi connectivity index (χ1) is 4.66. The van der Waals surface area contributed by atoms with E-state index in [2.05, 4.69) is 0 Å². The second-order valence-electron chi connectivity index (χ2n) is 2.56. The molecule has 60 valence electrons. The summed E-state index contributed by atoms with van der Waals surface area (Å²) in [5.74, 6) is 0. The predicted octanol–water partition coefficient (Wildman–Crippen LogP) is 1.91. The molecule has 10 heavy (non-hydrogen) atoms. The maximum atomic E-state index is 10.7. The molecule has 0 aromatic rings. The van der Waals surface area contributed by atoms with Crippen LogP contribution in [-0.2, 0) is 4.84 Å². The van der Waals surface area contributed by atoms with E-state index in [4.69, 9.17) is 4.84 Å². The molecule has 3 nitrogen and oxygen atoms in total. The number of unbranched alkanes of at least 4 members (excludes halogenated alkanes) is 1. The highest BCUT2D eigenvalue weighted by Crippen LogP contribution is 1.92. The van der Waals surface area contributed by atoms with E-state index in [0.29, 0.717) is 11.5 Å². The zero-order valence-corrected chi connectivity index (χ0v) is 6.96. The van der Waals surface area contributed by atoms with Crippen molar-refractivity contribution in [1.82, 2.24) is 0 Å². The summed E-state index contributed by atoms with van der Waals surface area (Å²) >= 11 is 0. The van der Waals surface area contributed by atoms with E-state index in [1.54, 1.807) is 0 Å². The van der Waals surface area contributed by atoms with Crippen molar-refractivity contribution in [2.75, 3.05) is 6.54 Å². The molecule has 0 rings (SSSR count). The molecule has 0 aliphatic carbocycles. The van der Waals surface area contributed by atoms with Crippen LogP contribution >= 0.6 is 0 Å². The van der Waals surface area contributed by atoms with E-state index < -0.39 is 0 Å². The second-order valence-corrected chi connectivity index (χ2v) is 2.56. The van der Waals surface area contributed by atoms with Gasteiger partial charge in [-0.25, -0.2) is 4.84 Å². The molecule has 0 unspecified atom stereocenters. The normalized spacial score (nSPS) is 10.0. The quantitative estimate of drug-likeness (QED) is 0.554. The van der Waals surface area contributed by atoms with Crippen molar-refractivity contribution in [2.45, 2.75) is 39.7 Å². The van der Waals surface area contributed by atoms with E-state index in [-0.39, 0.29) is 6.10 Å². The number of rotatable bonds is 5. The Kier molecular flexibility index (Phi) is 4.89. The Balaban J connectivity index is 3.26. The highest BCUT2D eigenvalue weighted by atomic mass is 16.8. The third kappa shape index (κ3) is 5.54. The molecule has 0 atom stereocenters. The summed E-state index contributed by atoms with van der Waals surface area (Å²) in [4.78, 5) is 16.2. The zero-order valence-electron chi connectivity index (χ0n) is 6.96. The molecule has 0 amide bonds. The summed E-state index contributed by atoms with van der Waals surface area (Å²) in [7, 11) is 0. The van der Waals surface area contributed by atoms with Gasteiger partial charge in [0.05, 0.1) is 4.91 Å². The van der Waals surface area contributed by atoms with E-state index >= 15 is 0 Å². The first-order valence-corrected chi connectivity index (χ1v) is 3.78. The van der Waals surface area contributed by atoms with Gasteiger partial charge in [0.1, 0.15) is 0 Å². The fourth-order valence-electron chi connectivity index (χ4n) is 0.575. The summed E-state index contributed by atoms with van der Waals surface area (Å²) in [5, 5.41) is 0.